The number of aromatic nitrogens is 2. The van der Waals surface area contributed by atoms with Crippen molar-refractivity contribution in [2.45, 2.75) is 33.2 Å². The zero-order valence-corrected chi connectivity index (χ0v) is 19.0. The van der Waals surface area contributed by atoms with Gasteiger partial charge in [-0.05, 0) is 75.7 Å². The summed E-state index contributed by atoms with van der Waals surface area (Å²) < 4.78 is 10.9. The number of nitriles is 1. The lowest BCUT2D eigenvalue weighted by atomic mass is 10.1. The topological polar surface area (TPSA) is 83.8 Å². The highest BCUT2D eigenvalue weighted by molar-refractivity contribution is 9.13. The number of ether oxygens (including phenoxy) is 1. The Morgan fingerprint density at radius 2 is 2.03 bits per heavy atom. The van der Waals surface area contributed by atoms with Crippen LogP contribution in [0.3, 0.4) is 0 Å². The molecule has 3 heterocycles. The highest BCUT2D eigenvalue weighted by Crippen LogP contribution is 2.34. The molecule has 0 atom stereocenters. The van der Waals surface area contributed by atoms with E-state index in [1.807, 2.05) is 38.2 Å². The molecule has 0 saturated heterocycles. The van der Waals surface area contributed by atoms with E-state index in [2.05, 4.69) is 42.2 Å². The molecule has 9 heteroatoms. The highest BCUT2D eigenvalue weighted by Gasteiger charge is 2.24. The fourth-order valence-electron chi connectivity index (χ4n) is 3.61. The van der Waals surface area contributed by atoms with Gasteiger partial charge in [-0.3, -0.25) is 9.20 Å². The van der Waals surface area contributed by atoms with Crippen LogP contribution in [0.5, 0.6) is 5.75 Å². The minimum absolute atomic E-state index is 0.0521. The van der Waals surface area contributed by atoms with Gasteiger partial charge in [0.15, 0.2) is 12.0 Å². The first kappa shape index (κ1) is 19.7. The molecule has 0 bridgehead atoms. The molecule has 29 heavy (non-hydrogen) atoms. The van der Waals surface area contributed by atoms with Gasteiger partial charge in [-0.25, -0.2) is 5.32 Å². The second-order valence-corrected chi connectivity index (χ2v) is 8.42. The van der Waals surface area contributed by atoms with E-state index in [9.17, 15) is 10.1 Å². The summed E-state index contributed by atoms with van der Waals surface area (Å²) in [6.07, 6.45) is 3.47. The molecule has 0 radical (unpaired) electrons. The van der Waals surface area contributed by atoms with Crippen molar-refractivity contribution in [3.8, 4) is 11.9 Å². The van der Waals surface area contributed by atoms with E-state index in [1.54, 1.807) is 15.0 Å². The van der Waals surface area contributed by atoms with Crippen LogP contribution in [0.25, 0.3) is 5.52 Å². The van der Waals surface area contributed by atoms with Gasteiger partial charge in [0.2, 0.25) is 0 Å². The Kier molecular flexibility index (Phi) is 5.23. The smallest absolute Gasteiger partial charge is 0.310 e. The average molecular weight is 519 g/mol. The van der Waals surface area contributed by atoms with Crippen molar-refractivity contribution in [3.05, 3.63) is 60.5 Å². The van der Waals surface area contributed by atoms with Crippen molar-refractivity contribution in [1.82, 2.24) is 14.3 Å². The number of rotatable bonds is 2. The van der Waals surface area contributed by atoms with Gasteiger partial charge >= 0.3 is 6.02 Å². The first-order chi connectivity index (χ1) is 13.9. The molecule has 7 nitrogen and oxygen atoms in total. The normalized spacial score (nSPS) is 13.4. The number of aryl methyl sites for hydroxylation is 2. The lowest BCUT2D eigenvalue weighted by molar-refractivity contribution is 0.522. The number of nitrogens with zero attached hydrogens (tertiary/aromatic N) is 4. The SMILES string of the molecule is Cc1cccc(C)c1OC(=Nc1c2n(c(=O)c3cc(Br)c(Br)n13)CCC2)NC#N. The molecule has 1 N–H and O–H groups in total. The molecule has 0 spiro atoms. The van der Waals surface area contributed by atoms with Gasteiger partial charge in [0.25, 0.3) is 5.56 Å². The van der Waals surface area contributed by atoms with E-state index in [1.165, 1.54) is 0 Å². The molecule has 1 aliphatic rings. The van der Waals surface area contributed by atoms with Crippen LogP contribution in [-0.2, 0) is 13.0 Å². The van der Waals surface area contributed by atoms with Crippen LogP contribution in [0.4, 0.5) is 5.82 Å². The van der Waals surface area contributed by atoms with E-state index < -0.39 is 0 Å². The predicted octanol–water partition coefficient (Wildman–Crippen LogP) is 4.33. The third-order valence-corrected chi connectivity index (χ3v) is 6.85. The maximum absolute atomic E-state index is 12.9. The van der Waals surface area contributed by atoms with Crippen molar-refractivity contribution >= 4 is 49.2 Å². The predicted molar refractivity (Wildman–Crippen MR) is 118 cm³/mol. The number of para-hydroxylation sites is 1. The summed E-state index contributed by atoms with van der Waals surface area (Å²) in [5.41, 5.74) is 3.11. The summed E-state index contributed by atoms with van der Waals surface area (Å²) in [7, 11) is 0. The van der Waals surface area contributed by atoms with Gasteiger partial charge in [-0.15, -0.1) is 0 Å². The molecule has 0 unspecified atom stereocenters. The van der Waals surface area contributed by atoms with Crippen LogP contribution >= 0.6 is 31.9 Å². The molecule has 1 aliphatic heterocycles. The summed E-state index contributed by atoms with van der Waals surface area (Å²) in [5.74, 6) is 1.20. The summed E-state index contributed by atoms with van der Waals surface area (Å²) >= 11 is 7.01. The van der Waals surface area contributed by atoms with Gasteiger partial charge in [0, 0.05) is 6.54 Å². The minimum Gasteiger partial charge on any atom is -0.425 e. The molecule has 148 valence electrons. The van der Waals surface area contributed by atoms with Crippen LogP contribution in [-0.4, -0.2) is 15.0 Å². The Balaban J connectivity index is 1.95. The monoisotopic (exact) mass is 517 g/mol. The number of hydrogen-bond acceptors (Lipinski definition) is 4. The molecule has 0 aliphatic carbocycles. The third-order valence-electron chi connectivity index (χ3n) is 4.93. The standard InChI is InChI=1S/C20H17Br2N5O2/c1-11-5-3-6-12(2)16(11)29-20(24-10-23)25-18-14-7-4-8-26(14)19(28)15-9-13(21)17(22)27(15)18/h3,5-6,9H,4,7-8H2,1-2H3,(H,24,25). The average Bonchev–Trinajstić information content (AvgIpc) is 3.28. The largest absolute Gasteiger partial charge is 0.425 e. The molecular formula is C20H17Br2N5O2. The first-order valence-corrected chi connectivity index (χ1v) is 10.6. The fourth-order valence-corrected chi connectivity index (χ4v) is 4.48. The highest BCUT2D eigenvalue weighted by atomic mass is 79.9. The van der Waals surface area contributed by atoms with E-state index in [0.717, 1.165) is 34.1 Å². The Hall–Kier alpha value is -2.57. The fraction of sp³-hybridized carbons (Fsp3) is 0.250. The Labute approximate surface area is 183 Å². The van der Waals surface area contributed by atoms with Crippen molar-refractivity contribution in [1.29, 1.82) is 5.26 Å². The number of hydrogen-bond donors (Lipinski definition) is 1. The number of aliphatic imine (C=N–C) groups is 1. The van der Waals surface area contributed by atoms with Crippen LogP contribution in [0.2, 0.25) is 0 Å². The maximum atomic E-state index is 12.9. The Bertz CT molecular complexity index is 1250. The lowest BCUT2D eigenvalue weighted by Gasteiger charge is -2.14. The third kappa shape index (κ3) is 3.36. The van der Waals surface area contributed by atoms with Crippen molar-refractivity contribution in [2.75, 3.05) is 0 Å². The second-order valence-electron chi connectivity index (χ2n) is 6.81. The second kappa shape index (κ2) is 7.69. The summed E-state index contributed by atoms with van der Waals surface area (Å²) in [6, 6.07) is 7.63. The maximum Gasteiger partial charge on any atom is 0.310 e. The lowest BCUT2D eigenvalue weighted by Crippen LogP contribution is -2.26. The minimum atomic E-state index is -0.0618. The van der Waals surface area contributed by atoms with E-state index >= 15 is 0 Å². The molecule has 0 amide bonds. The molecule has 0 fully saturated rings. The molecule has 4 rings (SSSR count). The van der Waals surface area contributed by atoms with Crippen LogP contribution in [0, 0.1) is 25.3 Å². The quantitative estimate of drug-likeness (QED) is 0.237. The summed E-state index contributed by atoms with van der Waals surface area (Å²) in [6.45, 7) is 4.51. The molecule has 0 saturated carbocycles. The van der Waals surface area contributed by atoms with Gasteiger partial charge < -0.3 is 9.30 Å². The number of halogens is 2. The Morgan fingerprint density at radius 3 is 2.72 bits per heavy atom. The zero-order valence-electron chi connectivity index (χ0n) is 15.8. The summed E-state index contributed by atoms with van der Waals surface area (Å²) in [4.78, 5) is 17.5. The van der Waals surface area contributed by atoms with Crippen LogP contribution in [0.1, 0.15) is 23.2 Å². The number of amidine groups is 1. The molecular weight excluding hydrogens is 502 g/mol. The van der Waals surface area contributed by atoms with Crippen LogP contribution in [0.15, 0.2) is 43.1 Å². The van der Waals surface area contributed by atoms with Crippen molar-refractivity contribution < 1.29 is 4.74 Å². The first-order valence-electron chi connectivity index (χ1n) is 9.02. The van der Waals surface area contributed by atoms with Crippen LogP contribution < -0.4 is 15.6 Å². The molecule has 1 aromatic carbocycles. The van der Waals surface area contributed by atoms with E-state index in [4.69, 9.17) is 4.74 Å². The van der Waals surface area contributed by atoms with Crippen molar-refractivity contribution in [2.24, 2.45) is 4.99 Å². The molecule has 3 aromatic rings. The summed E-state index contributed by atoms with van der Waals surface area (Å²) in [5, 5.41) is 11.8. The number of fused-ring (bicyclic) bond motifs is 2. The van der Waals surface area contributed by atoms with E-state index in [-0.39, 0.29) is 11.6 Å². The van der Waals surface area contributed by atoms with Crippen molar-refractivity contribution in [3.63, 3.8) is 0 Å². The van der Waals surface area contributed by atoms with E-state index in [0.29, 0.717) is 28.2 Å². The van der Waals surface area contributed by atoms with Gasteiger partial charge in [0.1, 0.15) is 15.9 Å². The zero-order chi connectivity index (χ0) is 20.7. The Morgan fingerprint density at radius 1 is 1.31 bits per heavy atom. The number of nitrogens with one attached hydrogen (secondary N) is 1. The molecule has 2 aromatic heterocycles. The number of benzene rings is 1. The van der Waals surface area contributed by atoms with Gasteiger partial charge in [-0.1, -0.05) is 18.2 Å². The van der Waals surface area contributed by atoms with Gasteiger partial charge in [0.05, 0.1) is 10.2 Å². The van der Waals surface area contributed by atoms with Gasteiger partial charge in [-0.2, -0.15) is 10.3 Å².